The van der Waals surface area contributed by atoms with E-state index in [2.05, 4.69) is 24.1 Å². The maximum atomic E-state index is 11.7. The molecule has 1 fully saturated rings. The van der Waals surface area contributed by atoms with Crippen molar-refractivity contribution < 1.29 is 18.8 Å². The van der Waals surface area contributed by atoms with E-state index in [1.165, 1.54) is 18.1 Å². The lowest BCUT2D eigenvalue weighted by Crippen LogP contribution is -2.65. The highest BCUT2D eigenvalue weighted by molar-refractivity contribution is 7.34. The summed E-state index contributed by atoms with van der Waals surface area (Å²) in [6, 6.07) is 4.43. The number of esters is 1. The zero-order chi connectivity index (χ0) is 17.3. The van der Waals surface area contributed by atoms with E-state index in [0.717, 1.165) is 25.1 Å². The van der Waals surface area contributed by atoms with Crippen molar-refractivity contribution in [2.75, 3.05) is 13.6 Å². The molecule has 25 heavy (non-hydrogen) atoms. The lowest BCUT2D eigenvalue weighted by Gasteiger charge is -2.56. The molecular weight excluding hydrogens is 337 g/mol. The Bertz CT molecular complexity index is 822. The molecule has 1 aromatic carbocycles. The Balaban J connectivity index is 1.75. The fourth-order valence-electron chi connectivity index (χ4n) is 5.58. The number of rotatable bonds is 2. The Morgan fingerprint density at radius 3 is 3.00 bits per heavy atom. The number of hydrogen-bond donors (Lipinski definition) is 0. The molecule has 2 heterocycles. The summed E-state index contributed by atoms with van der Waals surface area (Å²) in [6.45, 7) is 2.42. The topological polar surface area (TPSA) is 55.8 Å². The molecule has 1 aromatic rings. The van der Waals surface area contributed by atoms with Crippen molar-refractivity contribution in [1.82, 2.24) is 4.90 Å². The molecule has 130 valence electrons. The summed E-state index contributed by atoms with van der Waals surface area (Å²) in [5, 5.41) is 0.695. The summed E-state index contributed by atoms with van der Waals surface area (Å²) in [6.07, 6.45) is 5.52. The predicted octanol–water partition coefficient (Wildman–Crippen LogP) is 1.98. The van der Waals surface area contributed by atoms with Crippen molar-refractivity contribution in [3.05, 3.63) is 35.4 Å². The van der Waals surface area contributed by atoms with Gasteiger partial charge in [0.25, 0.3) is 0 Å². The molecule has 6 heteroatoms. The minimum atomic E-state index is -0.396. The van der Waals surface area contributed by atoms with E-state index >= 15 is 0 Å². The third kappa shape index (κ3) is 1.86. The first-order chi connectivity index (χ1) is 12.1. The quantitative estimate of drug-likeness (QED) is 0.460. The summed E-state index contributed by atoms with van der Waals surface area (Å²) >= 11 is 0. The van der Waals surface area contributed by atoms with E-state index in [-0.39, 0.29) is 25.9 Å². The van der Waals surface area contributed by atoms with Gasteiger partial charge in [-0.3, -0.25) is 9.36 Å². The van der Waals surface area contributed by atoms with E-state index in [1.54, 1.807) is 0 Å². The maximum absolute atomic E-state index is 11.7. The zero-order valence-electron chi connectivity index (χ0n) is 14.3. The van der Waals surface area contributed by atoms with Crippen LogP contribution in [0.15, 0.2) is 24.3 Å². The van der Waals surface area contributed by atoms with Crippen LogP contribution in [-0.4, -0.2) is 42.7 Å². The highest BCUT2D eigenvalue weighted by Crippen LogP contribution is 2.60. The Morgan fingerprint density at radius 2 is 2.24 bits per heavy atom. The molecule has 0 radical (unpaired) electrons. The molecule has 0 saturated carbocycles. The number of benzene rings is 1. The van der Waals surface area contributed by atoms with Crippen LogP contribution in [0.1, 0.15) is 24.5 Å². The molecule has 2 aliphatic carbocycles. The highest BCUT2D eigenvalue weighted by Gasteiger charge is 2.64. The molecule has 1 unspecified atom stereocenters. The lowest BCUT2D eigenvalue weighted by atomic mass is 9.53. The summed E-state index contributed by atoms with van der Waals surface area (Å²) in [5.41, 5.74) is 2.32. The first-order valence-corrected chi connectivity index (χ1v) is 9.59. The van der Waals surface area contributed by atoms with E-state index < -0.39 is 6.10 Å². The Kier molecular flexibility index (Phi) is 3.20. The van der Waals surface area contributed by atoms with Crippen molar-refractivity contribution in [1.29, 1.82) is 0 Å². The SMILES string of the molecule is CC(=O)O[C@@H]1C=C[C@H]2[C@H]3Cc4ccc(P=O)c5c4[C@@]2(CCN3C)C1O5. The van der Waals surface area contributed by atoms with Crippen LogP contribution >= 0.6 is 8.46 Å². The predicted molar refractivity (Wildman–Crippen MR) is 92.7 cm³/mol. The summed E-state index contributed by atoms with van der Waals surface area (Å²) in [4.78, 5) is 14.0. The van der Waals surface area contributed by atoms with Gasteiger partial charge >= 0.3 is 5.97 Å². The molecule has 4 aliphatic rings. The van der Waals surface area contributed by atoms with Gasteiger partial charge in [0.1, 0.15) is 11.9 Å². The highest BCUT2D eigenvalue weighted by atomic mass is 31.1. The second-order valence-corrected chi connectivity index (χ2v) is 8.27. The van der Waals surface area contributed by atoms with Crippen molar-refractivity contribution in [3.8, 4) is 5.75 Å². The van der Waals surface area contributed by atoms with Gasteiger partial charge in [-0.05, 0) is 44.1 Å². The molecule has 1 saturated heterocycles. The van der Waals surface area contributed by atoms with E-state index in [4.69, 9.17) is 9.47 Å². The third-order valence-electron chi connectivity index (χ3n) is 6.53. The largest absolute Gasteiger partial charge is 0.484 e. The Morgan fingerprint density at radius 1 is 1.40 bits per heavy atom. The molecule has 2 bridgehead atoms. The monoisotopic (exact) mass is 357 g/mol. The third-order valence-corrected chi connectivity index (χ3v) is 7.08. The molecule has 5 nitrogen and oxygen atoms in total. The normalized spacial score (nSPS) is 37.5. The average Bonchev–Trinajstić information content (AvgIpc) is 2.94. The number of hydrogen-bond acceptors (Lipinski definition) is 5. The Hall–Kier alpha value is -1.71. The van der Waals surface area contributed by atoms with Gasteiger partial charge in [-0.15, -0.1) is 0 Å². The summed E-state index contributed by atoms with van der Waals surface area (Å²) in [7, 11) is 2.16. The molecule has 2 aliphatic heterocycles. The van der Waals surface area contributed by atoms with Crippen LogP contribution in [0.5, 0.6) is 5.75 Å². The van der Waals surface area contributed by atoms with Crippen LogP contribution in [0.4, 0.5) is 0 Å². The Labute approximate surface area is 148 Å². The van der Waals surface area contributed by atoms with Crippen LogP contribution in [-0.2, 0) is 25.9 Å². The van der Waals surface area contributed by atoms with Crippen LogP contribution in [0, 0.1) is 5.92 Å². The van der Waals surface area contributed by atoms with Gasteiger partial charge in [0, 0.05) is 29.9 Å². The number of nitrogens with zero attached hydrogens (tertiary/aromatic N) is 1. The zero-order valence-corrected chi connectivity index (χ0v) is 15.2. The van der Waals surface area contributed by atoms with E-state index in [0.29, 0.717) is 17.3 Å². The number of ether oxygens (including phenoxy) is 2. The standard InChI is InChI=1S/C19H20NO4P/c1-10(21)23-14-5-4-12-13-9-11-3-6-15(25-22)17-16(11)19(12,18(14)24-17)7-8-20(13)2/h3-6,12-14,18H,7-9H2,1-2H3/t12-,13+,14+,18?,19-/m0/s1. The minimum absolute atomic E-state index is 0.0298. The van der Waals surface area contributed by atoms with E-state index in [9.17, 15) is 9.36 Å². The second-order valence-electron chi connectivity index (χ2n) is 7.60. The van der Waals surface area contributed by atoms with Gasteiger partial charge in [-0.1, -0.05) is 12.1 Å². The number of carbonyl (C=O) groups is 1. The van der Waals surface area contributed by atoms with Crippen molar-refractivity contribution >= 4 is 19.7 Å². The fraction of sp³-hybridized carbons (Fsp3) is 0.526. The molecule has 1 spiro atoms. The molecule has 5 rings (SSSR count). The van der Waals surface area contributed by atoms with Crippen LogP contribution in [0.2, 0.25) is 0 Å². The fourth-order valence-corrected chi connectivity index (χ4v) is 5.97. The minimum Gasteiger partial charge on any atom is -0.484 e. The van der Waals surface area contributed by atoms with Crippen molar-refractivity contribution in [2.24, 2.45) is 5.92 Å². The average molecular weight is 357 g/mol. The van der Waals surface area contributed by atoms with Gasteiger partial charge in [0.15, 0.2) is 14.6 Å². The second kappa shape index (κ2) is 5.15. The van der Waals surface area contributed by atoms with Gasteiger partial charge < -0.3 is 14.4 Å². The first kappa shape index (κ1) is 15.5. The number of piperidine rings is 1. The molecular formula is C19H20NO4P. The van der Waals surface area contributed by atoms with E-state index in [1.807, 2.05) is 12.1 Å². The lowest BCUT2D eigenvalue weighted by molar-refractivity contribution is -0.152. The molecule has 0 aromatic heterocycles. The first-order valence-electron chi connectivity index (χ1n) is 8.78. The molecule has 0 N–H and O–H groups in total. The maximum Gasteiger partial charge on any atom is 0.303 e. The van der Waals surface area contributed by atoms with Crippen LogP contribution in [0.25, 0.3) is 0 Å². The van der Waals surface area contributed by atoms with Crippen LogP contribution in [0.3, 0.4) is 0 Å². The number of likely N-dealkylation sites (N-methyl/N-ethyl adjacent to an activating group) is 1. The smallest absolute Gasteiger partial charge is 0.303 e. The number of carbonyl (C=O) groups excluding carboxylic acids is 1. The molecule has 0 amide bonds. The van der Waals surface area contributed by atoms with Gasteiger partial charge in [0.2, 0.25) is 0 Å². The van der Waals surface area contributed by atoms with Gasteiger partial charge in [0.05, 0.1) is 5.30 Å². The summed E-state index contributed by atoms with van der Waals surface area (Å²) in [5.74, 6) is 0.787. The van der Waals surface area contributed by atoms with Crippen molar-refractivity contribution in [2.45, 2.75) is 43.4 Å². The van der Waals surface area contributed by atoms with Crippen LogP contribution < -0.4 is 10.0 Å². The van der Waals surface area contributed by atoms with Crippen molar-refractivity contribution in [3.63, 3.8) is 0 Å². The van der Waals surface area contributed by atoms with Gasteiger partial charge in [-0.25, -0.2) is 0 Å². The molecule has 5 atom stereocenters. The number of likely N-dealkylation sites (tertiary alicyclic amines) is 1. The van der Waals surface area contributed by atoms with Gasteiger partial charge in [-0.2, -0.15) is 0 Å². The summed E-state index contributed by atoms with van der Waals surface area (Å²) < 4.78 is 23.7.